The summed E-state index contributed by atoms with van der Waals surface area (Å²) in [6, 6.07) is 2.10. The molecule has 0 saturated heterocycles. The van der Waals surface area contributed by atoms with E-state index in [9.17, 15) is 0 Å². The Morgan fingerprint density at radius 3 is 2.79 bits per heavy atom. The minimum absolute atomic E-state index is 0.587. The molecule has 0 fully saturated rings. The van der Waals surface area contributed by atoms with Crippen LogP contribution in [0.3, 0.4) is 0 Å². The summed E-state index contributed by atoms with van der Waals surface area (Å²) in [7, 11) is 0. The highest BCUT2D eigenvalue weighted by molar-refractivity contribution is 5.43. The van der Waals surface area contributed by atoms with E-state index < -0.39 is 0 Å². The van der Waals surface area contributed by atoms with Crippen molar-refractivity contribution in [1.29, 1.82) is 0 Å². The van der Waals surface area contributed by atoms with Gasteiger partial charge in [0.15, 0.2) is 5.82 Å². The average molecular weight is 259 g/mol. The van der Waals surface area contributed by atoms with Gasteiger partial charge in [0.05, 0.1) is 11.9 Å². The van der Waals surface area contributed by atoms with Crippen LogP contribution in [0.4, 0.5) is 5.82 Å². The number of nitrogens with zero attached hydrogens (tertiary/aromatic N) is 4. The van der Waals surface area contributed by atoms with Crippen molar-refractivity contribution in [2.75, 3.05) is 11.9 Å². The zero-order valence-corrected chi connectivity index (χ0v) is 11.8. The maximum atomic E-state index is 4.63. The highest BCUT2D eigenvalue weighted by Gasteiger charge is 2.11. The van der Waals surface area contributed by atoms with Gasteiger partial charge in [-0.05, 0) is 18.8 Å². The third kappa shape index (κ3) is 3.53. The summed E-state index contributed by atoms with van der Waals surface area (Å²) in [5.74, 6) is 2.32. The van der Waals surface area contributed by atoms with Crippen LogP contribution in [0.25, 0.3) is 5.82 Å². The van der Waals surface area contributed by atoms with Gasteiger partial charge in [-0.25, -0.2) is 4.98 Å². The van der Waals surface area contributed by atoms with Crippen LogP contribution in [0.1, 0.15) is 32.9 Å². The smallest absolute Gasteiger partial charge is 0.174 e. The van der Waals surface area contributed by atoms with E-state index in [1.807, 2.05) is 4.68 Å². The van der Waals surface area contributed by atoms with Crippen molar-refractivity contribution in [2.24, 2.45) is 5.92 Å². The Labute approximate surface area is 114 Å². The molecule has 0 amide bonds. The van der Waals surface area contributed by atoms with Crippen LogP contribution >= 0.6 is 0 Å². The predicted octanol–water partition coefficient (Wildman–Crippen LogP) is 2.68. The van der Waals surface area contributed by atoms with Crippen molar-refractivity contribution in [2.45, 2.75) is 33.6 Å². The predicted molar refractivity (Wildman–Crippen MR) is 76.5 cm³/mol. The molecule has 0 spiro atoms. The van der Waals surface area contributed by atoms with Crippen LogP contribution in [0.5, 0.6) is 0 Å². The first-order valence-corrected chi connectivity index (χ1v) is 6.80. The van der Waals surface area contributed by atoms with Crippen LogP contribution in [-0.4, -0.2) is 26.3 Å². The lowest BCUT2D eigenvalue weighted by Gasteiger charge is -2.07. The van der Waals surface area contributed by atoms with Crippen molar-refractivity contribution in [1.82, 2.24) is 19.7 Å². The van der Waals surface area contributed by atoms with Gasteiger partial charge in [-0.15, -0.1) is 0 Å². The second-order valence-electron chi connectivity index (χ2n) is 5.02. The van der Waals surface area contributed by atoms with Crippen molar-refractivity contribution in [3.05, 3.63) is 30.4 Å². The molecule has 1 N–H and O–H groups in total. The topological polar surface area (TPSA) is 55.6 Å². The van der Waals surface area contributed by atoms with E-state index in [-0.39, 0.29) is 0 Å². The Balaban J connectivity index is 2.31. The van der Waals surface area contributed by atoms with Gasteiger partial charge in [-0.3, -0.25) is 4.98 Å². The van der Waals surface area contributed by atoms with E-state index in [4.69, 9.17) is 0 Å². The highest BCUT2D eigenvalue weighted by Crippen LogP contribution is 2.17. The van der Waals surface area contributed by atoms with Crippen molar-refractivity contribution < 1.29 is 0 Å². The summed E-state index contributed by atoms with van der Waals surface area (Å²) in [6.45, 7) is 7.46. The average Bonchev–Trinajstić information content (AvgIpc) is 2.79. The summed E-state index contributed by atoms with van der Waals surface area (Å²) < 4.78 is 1.83. The fourth-order valence-electron chi connectivity index (χ4n) is 1.90. The van der Waals surface area contributed by atoms with Crippen molar-refractivity contribution in [3.8, 4) is 5.82 Å². The molecule has 0 atom stereocenters. The fraction of sp³-hybridized carbons (Fsp3) is 0.500. The van der Waals surface area contributed by atoms with Gasteiger partial charge >= 0.3 is 0 Å². The molecule has 0 aromatic carbocycles. The molecule has 0 aliphatic rings. The minimum atomic E-state index is 0.587. The number of aromatic nitrogens is 4. The maximum Gasteiger partial charge on any atom is 0.174 e. The summed E-state index contributed by atoms with van der Waals surface area (Å²) in [5.41, 5.74) is 1.08. The monoisotopic (exact) mass is 259 g/mol. The molecule has 2 aromatic rings. The minimum Gasteiger partial charge on any atom is -0.370 e. The summed E-state index contributed by atoms with van der Waals surface area (Å²) in [4.78, 5) is 8.41. The first-order valence-electron chi connectivity index (χ1n) is 6.80. The van der Waals surface area contributed by atoms with E-state index in [0.29, 0.717) is 5.92 Å². The standard InChI is InChI=1S/C14H21N5/c1-4-5-16-13-9-12(8-11(2)3)18-19(13)14-10-15-6-7-17-14/h6-7,9-11,16H,4-5,8H2,1-3H3. The summed E-state index contributed by atoms with van der Waals surface area (Å²) in [5, 5.41) is 8.01. The summed E-state index contributed by atoms with van der Waals surface area (Å²) in [6.07, 6.45) is 7.12. The van der Waals surface area contributed by atoms with Crippen molar-refractivity contribution in [3.63, 3.8) is 0 Å². The largest absolute Gasteiger partial charge is 0.370 e. The third-order valence-electron chi connectivity index (χ3n) is 2.70. The summed E-state index contributed by atoms with van der Waals surface area (Å²) >= 11 is 0. The highest BCUT2D eigenvalue weighted by atomic mass is 15.4. The lowest BCUT2D eigenvalue weighted by molar-refractivity contribution is 0.627. The molecule has 2 rings (SSSR count). The Morgan fingerprint density at radius 2 is 2.16 bits per heavy atom. The first kappa shape index (κ1) is 13.5. The van der Waals surface area contributed by atoms with Crippen LogP contribution in [0.2, 0.25) is 0 Å². The van der Waals surface area contributed by atoms with Gasteiger partial charge in [-0.1, -0.05) is 20.8 Å². The molecule has 0 aliphatic carbocycles. The zero-order chi connectivity index (χ0) is 13.7. The van der Waals surface area contributed by atoms with Gasteiger partial charge < -0.3 is 5.32 Å². The molecule has 0 bridgehead atoms. The quantitative estimate of drug-likeness (QED) is 0.866. The molecule has 0 aliphatic heterocycles. The number of hydrogen-bond donors (Lipinski definition) is 1. The van der Waals surface area contributed by atoms with Crippen LogP contribution in [0, 0.1) is 5.92 Å². The zero-order valence-electron chi connectivity index (χ0n) is 11.8. The number of anilines is 1. The molecule has 5 heteroatoms. The van der Waals surface area contributed by atoms with Gasteiger partial charge in [0.2, 0.25) is 0 Å². The molecular weight excluding hydrogens is 238 g/mol. The number of nitrogens with one attached hydrogen (secondary N) is 1. The molecule has 5 nitrogen and oxygen atoms in total. The van der Waals surface area contributed by atoms with E-state index in [0.717, 1.165) is 36.7 Å². The van der Waals surface area contributed by atoms with Gasteiger partial charge in [0.1, 0.15) is 5.82 Å². The molecule has 2 heterocycles. The Hall–Kier alpha value is -1.91. The molecular formula is C14H21N5. The molecule has 0 radical (unpaired) electrons. The van der Waals surface area contributed by atoms with E-state index >= 15 is 0 Å². The third-order valence-corrected chi connectivity index (χ3v) is 2.70. The maximum absolute atomic E-state index is 4.63. The lowest BCUT2D eigenvalue weighted by atomic mass is 10.1. The van der Waals surface area contributed by atoms with E-state index in [1.54, 1.807) is 18.6 Å². The van der Waals surface area contributed by atoms with Gasteiger partial charge in [0, 0.05) is 25.0 Å². The Morgan fingerprint density at radius 1 is 1.32 bits per heavy atom. The number of hydrogen-bond acceptors (Lipinski definition) is 4. The molecule has 102 valence electrons. The lowest BCUT2D eigenvalue weighted by Crippen LogP contribution is -2.08. The van der Waals surface area contributed by atoms with Gasteiger partial charge in [0.25, 0.3) is 0 Å². The molecule has 0 unspecified atom stereocenters. The molecule has 2 aromatic heterocycles. The fourth-order valence-corrected chi connectivity index (χ4v) is 1.90. The van der Waals surface area contributed by atoms with E-state index in [2.05, 4.69) is 47.2 Å². The van der Waals surface area contributed by atoms with Crippen molar-refractivity contribution >= 4 is 5.82 Å². The van der Waals surface area contributed by atoms with Crippen LogP contribution in [-0.2, 0) is 6.42 Å². The Bertz CT molecular complexity index is 504. The molecule has 19 heavy (non-hydrogen) atoms. The Kier molecular flexibility index (Phi) is 4.49. The normalized spacial score (nSPS) is 10.9. The van der Waals surface area contributed by atoms with E-state index in [1.165, 1.54) is 0 Å². The van der Waals surface area contributed by atoms with Crippen LogP contribution in [0.15, 0.2) is 24.7 Å². The second kappa shape index (κ2) is 6.31. The first-order chi connectivity index (χ1) is 9.20. The SMILES string of the molecule is CCCNc1cc(CC(C)C)nn1-c1cnccn1. The second-order valence-corrected chi connectivity index (χ2v) is 5.02. The van der Waals surface area contributed by atoms with Crippen LogP contribution < -0.4 is 5.32 Å². The van der Waals surface area contributed by atoms with Gasteiger partial charge in [-0.2, -0.15) is 9.78 Å². The molecule has 0 saturated carbocycles. The number of rotatable bonds is 6.